The molecule has 2 rings (SSSR count). The molecule has 3 heteroatoms. The lowest BCUT2D eigenvalue weighted by atomic mass is 9.80. The van der Waals surface area contributed by atoms with E-state index < -0.39 is 0 Å². The number of ether oxygens (including phenoxy) is 1. The number of carbonyl (C=O) groups is 1. The maximum absolute atomic E-state index is 11.3. The number of carbonyl (C=O) groups excluding carboxylic acids is 1. The second-order valence-corrected chi connectivity index (χ2v) is 4.50. The van der Waals surface area contributed by atoms with Gasteiger partial charge < -0.3 is 9.84 Å². The summed E-state index contributed by atoms with van der Waals surface area (Å²) in [6.45, 7) is 0.576. The standard InChI is InChI=1S/C11H18O3/c12-10-4-2-1-3-8(10)7-9-5-6-14-11(9)13/h8-10,12H,1-7H2. The van der Waals surface area contributed by atoms with Crippen molar-refractivity contribution in [3.8, 4) is 0 Å². The Bertz CT molecular complexity index is 215. The summed E-state index contributed by atoms with van der Waals surface area (Å²) in [6.07, 6.45) is 5.81. The lowest BCUT2D eigenvalue weighted by Crippen LogP contribution is -2.27. The molecular formula is C11H18O3. The Morgan fingerprint density at radius 2 is 2.07 bits per heavy atom. The first-order valence-electron chi connectivity index (χ1n) is 5.62. The fourth-order valence-corrected chi connectivity index (χ4v) is 2.58. The van der Waals surface area contributed by atoms with E-state index in [0.717, 1.165) is 32.1 Å². The van der Waals surface area contributed by atoms with Crippen LogP contribution in [0.15, 0.2) is 0 Å². The van der Waals surface area contributed by atoms with Gasteiger partial charge in [-0.3, -0.25) is 4.79 Å². The first-order chi connectivity index (χ1) is 6.77. The summed E-state index contributed by atoms with van der Waals surface area (Å²) in [5, 5.41) is 9.76. The molecule has 1 saturated carbocycles. The summed E-state index contributed by atoms with van der Waals surface area (Å²) in [7, 11) is 0. The summed E-state index contributed by atoms with van der Waals surface area (Å²) in [6, 6.07) is 0. The van der Waals surface area contributed by atoms with Gasteiger partial charge >= 0.3 is 5.97 Å². The molecule has 0 spiro atoms. The van der Waals surface area contributed by atoms with Crippen LogP contribution >= 0.6 is 0 Å². The Balaban J connectivity index is 1.86. The van der Waals surface area contributed by atoms with Crippen LogP contribution in [0.1, 0.15) is 38.5 Å². The zero-order valence-corrected chi connectivity index (χ0v) is 8.45. The number of aliphatic hydroxyl groups excluding tert-OH is 1. The first-order valence-corrected chi connectivity index (χ1v) is 5.62. The van der Waals surface area contributed by atoms with Crippen molar-refractivity contribution in [1.82, 2.24) is 0 Å². The molecule has 14 heavy (non-hydrogen) atoms. The molecule has 3 nitrogen and oxygen atoms in total. The SMILES string of the molecule is O=C1OCCC1CC1CCCCC1O. The zero-order chi connectivity index (χ0) is 9.97. The van der Waals surface area contributed by atoms with Crippen molar-refractivity contribution in [2.45, 2.75) is 44.6 Å². The normalized spacial score (nSPS) is 38.4. The van der Waals surface area contributed by atoms with Gasteiger partial charge in [0.25, 0.3) is 0 Å². The van der Waals surface area contributed by atoms with Gasteiger partial charge in [-0.15, -0.1) is 0 Å². The molecule has 1 aliphatic heterocycles. The molecule has 80 valence electrons. The summed E-state index contributed by atoms with van der Waals surface area (Å²) >= 11 is 0. The number of cyclic esters (lactones) is 1. The monoisotopic (exact) mass is 198 g/mol. The molecule has 0 radical (unpaired) electrons. The Morgan fingerprint density at radius 3 is 2.71 bits per heavy atom. The molecule has 1 N–H and O–H groups in total. The molecule has 0 bridgehead atoms. The molecule has 1 saturated heterocycles. The van der Waals surface area contributed by atoms with Crippen molar-refractivity contribution in [3.05, 3.63) is 0 Å². The Labute approximate surface area is 84.4 Å². The van der Waals surface area contributed by atoms with Crippen molar-refractivity contribution < 1.29 is 14.6 Å². The van der Waals surface area contributed by atoms with Crippen LogP contribution in [0.3, 0.4) is 0 Å². The fraction of sp³-hybridized carbons (Fsp3) is 0.909. The third kappa shape index (κ3) is 2.08. The maximum atomic E-state index is 11.3. The molecule has 2 fully saturated rings. The van der Waals surface area contributed by atoms with E-state index in [1.165, 1.54) is 6.42 Å². The molecule has 0 aromatic carbocycles. The van der Waals surface area contributed by atoms with Crippen LogP contribution in [0.25, 0.3) is 0 Å². The van der Waals surface area contributed by atoms with E-state index in [1.54, 1.807) is 0 Å². The number of rotatable bonds is 2. The van der Waals surface area contributed by atoms with Crippen LogP contribution in [0.5, 0.6) is 0 Å². The van der Waals surface area contributed by atoms with Crippen molar-refractivity contribution in [2.24, 2.45) is 11.8 Å². The average molecular weight is 198 g/mol. The molecule has 1 heterocycles. The van der Waals surface area contributed by atoms with E-state index in [0.29, 0.717) is 12.5 Å². The van der Waals surface area contributed by atoms with Crippen LogP contribution in [0.2, 0.25) is 0 Å². The minimum atomic E-state index is -0.183. The van der Waals surface area contributed by atoms with Crippen molar-refractivity contribution in [1.29, 1.82) is 0 Å². The Morgan fingerprint density at radius 1 is 1.29 bits per heavy atom. The van der Waals surface area contributed by atoms with Crippen molar-refractivity contribution >= 4 is 5.97 Å². The van der Waals surface area contributed by atoms with Crippen LogP contribution in [-0.4, -0.2) is 23.8 Å². The third-order valence-electron chi connectivity index (χ3n) is 3.50. The molecule has 1 aliphatic carbocycles. The molecule has 3 unspecified atom stereocenters. The van der Waals surface area contributed by atoms with Crippen LogP contribution in [-0.2, 0) is 9.53 Å². The van der Waals surface area contributed by atoms with Gasteiger partial charge in [-0.1, -0.05) is 12.8 Å². The van der Waals surface area contributed by atoms with E-state index in [2.05, 4.69) is 0 Å². The van der Waals surface area contributed by atoms with Gasteiger partial charge in [-0.05, 0) is 31.6 Å². The van der Waals surface area contributed by atoms with E-state index in [-0.39, 0.29) is 18.0 Å². The summed E-state index contributed by atoms with van der Waals surface area (Å²) in [5.74, 6) is 0.343. The van der Waals surface area contributed by atoms with Crippen molar-refractivity contribution in [3.63, 3.8) is 0 Å². The summed E-state index contributed by atoms with van der Waals surface area (Å²) in [5.41, 5.74) is 0. The molecule has 0 aromatic rings. The highest BCUT2D eigenvalue weighted by atomic mass is 16.5. The second kappa shape index (κ2) is 4.30. The molecular weight excluding hydrogens is 180 g/mol. The number of aliphatic hydroxyl groups is 1. The Hall–Kier alpha value is -0.570. The first kappa shape index (κ1) is 9.97. The molecule has 0 amide bonds. The summed E-state index contributed by atoms with van der Waals surface area (Å²) < 4.78 is 4.92. The predicted octanol–water partition coefficient (Wildman–Crippen LogP) is 1.49. The minimum absolute atomic E-state index is 0.0530. The number of hydrogen-bond donors (Lipinski definition) is 1. The lowest BCUT2D eigenvalue weighted by molar-refractivity contribution is -0.142. The van der Waals surface area contributed by atoms with Gasteiger partial charge in [0.15, 0.2) is 0 Å². The van der Waals surface area contributed by atoms with E-state index >= 15 is 0 Å². The summed E-state index contributed by atoms with van der Waals surface area (Å²) in [4.78, 5) is 11.3. The van der Waals surface area contributed by atoms with Gasteiger partial charge in [-0.25, -0.2) is 0 Å². The number of esters is 1. The number of hydrogen-bond acceptors (Lipinski definition) is 3. The smallest absolute Gasteiger partial charge is 0.309 e. The van der Waals surface area contributed by atoms with E-state index in [4.69, 9.17) is 4.74 Å². The van der Waals surface area contributed by atoms with Crippen LogP contribution < -0.4 is 0 Å². The largest absolute Gasteiger partial charge is 0.465 e. The van der Waals surface area contributed by atoms with Crippen molar-refractivity contribution in [2.75, 3.05) is 6.61 Å². The highest BCUT2D eigenvalue weighted by Gasteiger charge is 2.32. The molecule has 0 aromatic heterocycles. The Kier molecular flexibility index (Phi) is 3.06. The fourth-order valence-electron chi connectivity index (χ4n) is 2.58. The van der Waals surface area contributed by atoms with Gasteiger partial charge in [-0.2, -0.15) is 0 Å². The topological polar surface area (TPSA) is 46.5 Å². The molecule has 3 atom stereocenters. The molecule has 2 aliphatic rings. The van der Waals surface area contributed by atoms with Gasteiger partial charge in [0.2, 0.25) is 0 Å². The lowest BCUT2D eigenvalue weighted by Gasteiger charge is -2.28. The van der Waals surface area contributed by atoms with Gasteiger partial charge in [0.1, 0.15) is 0 Å². The van der Waals surface area contributed by atoms with Crippen LogP contribution in [0, 0.1) is 11.8 Å². The zero-order valence-electron chi connectivity index (χ0n) is 8.45. The van der Waals surface area contributed by atoms with E-state index in [9.17, 15) is 9.90 Å². The van der Waals surface area contributed by atoms with Crippen LogP contribution in [0.4, 0.5) is 0 Å². The minimum Gasteiger partial charge on any atom is -0.465 e. The quantitative estimate of drug-likeness (QED) is 0.684. The average Bonchev–Trinajstić information content (AvgIpc) is 2.56. The third-order valence-corrected chi connectivity index (χ3v) is 3.50. The highest BCUT2D eigenvalue weighted by Crippen LogP contribution is 2.32. The van der Waals surface area contributed by atoms with Gasteiger partial charge in [0.05, 0.1) is 18.6 Å². The van der Waals surface area contributed by atoms with Gasteiger partial charge in [0, 0.05) is 0 Å². The maximum Gasteiger partial charge on any atom is 0.309 e. The van der Waals surface area contributed by atoms with E-state index in [1.807, 2.05) is 0 Å². The second-order valence-electron chi connectivity index (χ2n) is 4.50. The predicted molar refractivity (Wildman–Crippen MR) is 51.6 cm³/mol. The highest BCUT2D eigenvalue weighted by molar-refractivity contribution is 5.74.